The van der Waals surface area contributed by atoms with Crippen molar-refractivity contribution in [3.63, 3.8) is 0 Å². The maximum absolute atomic E-state index is 10.7. The van der Waals surface area contributed by atoms with Crippen molar-refractivity contribution in [2.75, 3.05) is 0 Å². The molecule has 0 amide bonds. The van der Waals surface area contributed by atoms with E-state index in [0.29, 0.717) is 0 Å². The fraction of sp³-hybridized carbons (Fsp3) is 0.125. The Labute approximate surface area is 89.2 Å². The first-order valence-corrected chi connectivity index (χ1v) is 4.32. The number of nitrogens with zero attached hydrogens (tertiary/aromatic N) is 1. The lowest BCUT2D eigenvalue weighted by molar-refractivity contribution is -0.386. The fourth-order valence-corrected chi connectivity index (χ4v) is 1.27. The molecule has 0 heterocycles. The first-order valence-electron chi connectivity index (χ1n) is 3.79. The van der Waals surface area contributed by atoms with Crippen LogP contribution >= 0.6 is 11.6 Å². The molecule has 1 rings (SSSR count). The smallest absolute Gasteiger partial charge is 0.449 e. The van der Waals surface area contributed by atoms with Crippen molar-refractivity contribution in [1.82, 2.24) is 0 Å². The molecule has 0 aliphatic heterocycles. The number of halogens is 1. The summed E-state index contributed by atoms with van der Waals surface area (Å²) in [5.74, 6) is -0.418. The van der Waals surface area contributed by atoms with Crippen LogP contribution < -0.4 is 4.74 Å². The van der Waals surface area contributed by atoms with Crippen LogP contribution in [0.5, 0.6) is 5.75 Å². The number of nitro benzene ring substituents is 1. The predicted octanol–water partition coefficient (Wildman–Crippen LogP) is 2.39. The van der Waals surface area contributed by atoms with Gasteiger partial charge in [-0.2, -0.15) is 0 Å². The number of hydrogen-bond acceptors (Lipinski definition) is 4. The standard InChI is InChI=1S/C8H6ClNO5/c9-4-5-2-1-3-6(15-8(11)12)7(5)10(13)14/h1-3H,4H2,(H,11,12). The lowest BCUT2D eigenvalue weighted by atomic mass is 10.2. The third-order valence-electron chi connectivity index (χ3n) is 1.61. The second-order valence-electron chi connectivity index (χ2n) is 2.52. The Hall–Kier alpha value is -1.82. The summed E-state index contributed by atoms with van der Waals surface area (Å²) >= 11 is 5.48. The van der Waals surface area contributed by atoms with Gasteiger partial charge in [-0.25, -0.2) is 4.79 Å². The van der Waals surface area contributed by atoms with Crippen LogP contribution in [0.25, 0.3) is 0 Å². The molecule has 0 radical (unpaired) electrons. The third-order valence-corrected chi connectivity index (χ3v) is 1.89. The van der Waals surface area contributed by atoms with Crippen LogP contribution in [0.3, 0.4) is 0 Å². The van der Waals surface area contributed by atoms with Gasteiger partial charge < -0.3 is 9.84 Å². The highest BCUT2D eigenvalue weighted by molar-refractivity contribution is 6.17. The van der Waals surface area contributed by atoms with E-state index in [2.05, 4.69) is 4.74 Å². The van der Waals surface area contributed by atoms with Crippen LogP contribution in [0.15, 0.2) is 18.2 Å². The van der Waals surface area contributed by atoms with Crippen molar-refractivity contribution in [3.8, 4) is 5.75 Å². The molecule has 0 unspecified atom stereocenters. The Kier molecular flexibility index (Phi) is 3.46. The molecule has 0 bridgehead atoms. The van der Waals surface area contributed by atoms with Gasteiger partial charge >= 0.3 is 11.8 Å². The van der Waals surface area contributed by atoms with Gasteiger partial charge in [0.15, 0.2) is 0 Å². The van der Waals surface area contributed by atoms with E-state index in [0.717, 1.165) is 0 Å². The summed E-state index contributed by atoms with van der Waals surface area (Å²) in [6.07, 6.45) is -1.61. The van der Waals surface area contributed by atoms with Gasteiger partial charge in [-0.1, -0.05) is 12.1 Å². The average molecular weight is 232 g/mol. The Balaban J connectivity index is 3.25. The van der Waals surface area contributed by atoms with E-state index in [9.17, 15) is 14.9 Å². The number of ether oxygens (including phenoxy) is 1. The van der Waals surface area contributed by atoms with Crippen molar-refractivity contribution in [3.05, 3.63) is 33.9 Å². The molecule has 80 valence electrons. The molecule has 0 aliphatic rings. The fourth-order valence-electron chi connectivity index (χ4n) is 1.06. The number of para-hydroxylation sites is 1. The van der Waals surface area contributed by atoms with E-state index in [-0.39, 0.29) is 17.2 Å². The largest absolute Gasteiger partial charge is 0.511 e. The summed E-state index contributed by atoms with van der Waals surface area (Å²) in [6, 6.07) is 4.06. The first-order chi connectivity index (χ1) is 7.06. The average Bonchev–Trinajstić information content (AvgIpc) is 2.15. The summed E-state index contributed by atoms with van der Waals surface area (Å²) in [5, 5.41) is 19.0. The number of carbonyl (C=O) groups is 1. The van der Waals surface area contributed by atoms with E-state index >= 15 is 0 Å². The summed E-state index contributed by atoms with van der Waals surface area (Å²) in [4.78, 5) is 20.2. The monoisotopic (exact) mass is 231 g/mol. The normalized spacial score (nSPS) is 9.67. The minimum atomic E-state index is -1.61. The van der Waals surface area contributed by atoms with Crippen molar-refractivity contribution < 1.29 is 19.6 Å². The van der Waals surface area contributed by atoms with E-state index in [1.807, 2.05) is 0 Å². The molecule has 0 saturated carbocycles. The molecule has 0 aromatic heterocycles. The molecule has 0 fully saturated rings. The molecule has 1 N–H and O–H groups in total. The SMILES string of the molecule is O=C(O)Oc1cccc(CCl)c1[N+](=O)[O-]. The number of carboxylic acid groups (broad SMARTS) is 1. The van der Waals surface area contributed by atoms with Crippen LogP contribution in [0.4, 0.5) is 10.5 Å². The van der Waals surface area contributed by atoms with Gasteiger partial charge in [0, 0.05) is 5.56 Å². The Morgan fingerprint density at radius 2 is 2.27 bits per heavy atom. The predicted molar refractivity (Wildman–Crippen MR) is 51.3 cm³/mol. The summed E-state index contributed by atoms with van der Waals surface area (Å²) in [5.41, 5.74) is -0.213. The van der Waals surface area contributed by atoms with E-state index in [4.69, 9.17) is 16.7 Å². The van der Waals surface area contributed by atoms with Gasteiger partial charge in [0.25, 0.3) is 0 Å². The lowest BCUT2D eigenvalue weighted by Crippen LogP contribution is -2.06. The first kappa shape index (κ1) is 11.3. The third kappa shape index (κ3) is 2.57. The Morgan fingerprint density at radius 1 is 1.60 bits per heavy atom. The molecule has 0 spiro atoms. The number of alkyl halides is 1. The molecular formula is C8H6ClNO5. The van der Waals surface area contributed by atoms with Crippen LogP contribution in [0.1, 0.15) is 5.56 Å². The zero-order valence-electron chi connectivity index (χ0n) is 7.34. The maximum Gasteiger partial charge on any atom is 0.511 e. The quantitative estimate of drug-likeness (QED) is 0.284. The summed E-state index contributed by atoms with van der Waals surface area (Å²) in [7, 11) is 0. The van der Waals surface area contributed by atoms with Gasteiger partial charge in [0.2, 0.25) is 5.75 Å². The van der Waals surface area contributed by atoms with Crippen molar-refractivity contribution >= 4 is 23.4 Å². The maximum atomic E-state index is 10.7. The molecule has 0 aliphatic carbocycles. The number of benzene rings is 1. The molecular weight excluding hydrogens is 226 g/mol. The molecule has 0 saturated heterocycles. The Morgan fingerprint density at radius 3 is 2.73 bits per heavy atom. The summed E-state index contributed by atoms with van der Waals surface area (Å²) < 4.78 is 4.27. The molecule has 6 nitrogen and oxygen atoms in total. The van der Waals surface area contributed by atoms with E-state index in [1.54, 1.807) is 0 Å². The highest BCUT2D eigenvalue weighted by Crippen LogP contribution is 2.31. The van der Waals surface area contributed by atoms with Gasteiger partial charge in [0.05, 0.1) is 10.8 Å². The summed E-state index contributed by atoms with van der Waals surface area (Å²) in [6.45, 7) is 0. The molecule has 0 atom stereocenters. The van der Waals surface area contributed by atoms with Gasteiger partial charge in [-0.3, -0.25) is 10.1 Å². The highest BCUT2D eigenvalue weighted by atomic mass is 35.5. The minimum absolute atomic E-state index is 0.0901. The second-order valence-corrected chi connectivity index (χ2v) is 2.79. The van der Waals surface area contributed by atoms with Crippen molar-refractivity contribution in [2.24, 2.45) is 0 Å². The van der Waals surface area contributed by atoms with Crippen LogP contribution in [-0.4, -0.2) is 16.2 Å². The van der Waals surface area contributed by atoms with Crippen molar-refractivity contribution in [1.29, 1.82) is 0 Å². The van der Waals surface area contributed by atoms with Crippen molar-refractivity contribution in [2.45, 2.75) is 5.88 Å². The van der Waals surface area contributed by atoms with Gasteiger partial charge in [-0.05, 0) is 6.07 Å². The van der Waals surface area contributed by atoms with Crippen LogP contribution in [-0.2, 0) is 5.88 Å². The topological polar surface area (TPSA) is 89.7 Å². The molecule has 15 heavy (non-hydrogen) atoms. The van der Waals surface area contributed by atoms with Crippen LogP contribution in [0.2, 0.25) is 0 Å². The van der Waals surface area contributed by atoms with E-state index < -0.39 is 16.8 Å². The molecule has 1 aromatic carbocycles. The number of hydrogen-bond donors (Lipinski definition) is 1. The Bertz CT molecular complexity index is 406. The zero-order valence-corrected chi connectivity index (χ0v) is 8.10. The van der Waals surface area contributed by atoms with Gasteiger partial charge in [0.1, 0.15) is 0 Å². The number of rotatable bonds is 3. The second kappa shape index (κ2) is 4.61. The van der Waals surface area contributed by atoms with Gasteiger partial charge in [-0.15, -0.1) is 11.6 Å². The van der Waals surface area contributed by atoms with E-state index in [1.165, 1.54) is 18.2 Å². The zero-order chi connectivity index (χ0) is 11.4. The molecule has 1 aromatic rings. The lowest BCUT2D eigenvalue weighted by Gasteiger charge is -2.03. The minimum Gasteiger partial charge on any atom is -0.449 e. The highest BCUT2D eigenvalue weighted by Gasteiger charge is 2.21. The number of nitro groups is 1. The molecule has 7 heteroatoms. The van der Waals surface area contributed by atoms with Crippen LogP contribution in [0, 0.1) is 10.1 Å².